The Morgan fingerprint density at radius 3 is 2.68 bits per heavy atom. The normalized spacial score (nSPS) is 21.0. The van der Waals surface area contributed by atoms with Crippen LogP contribution >= 0.6 is 0 Å². The number of amides is 1. The third kappa shape index (κ3) is 3.24. The fourth-order valence-electron chi connectivity index (χ4n) is 4.46. The zero-order chi connectivity index (χ0) is 20.0. The van der Waals surface area contributed by atoms with E-state index in [1.165, 1.54) is 12.1 Å². The summed E-state index contributed by atoms with van der Waals surface area (Å²) in [5.74, 6) is -2.47. The van der Waals surface area contributed by atoms with Gasteiger partial charge < -0.3 is 14.4 Å². The first kappa shape index (κ1) is 18.8. The molecule has 0 radical (unpaired) electrons. The molecule has 148 valence electrons. The Kier molecular flexibility index (Phi) is 4.79. The van der Waals surface area contributed by atoms with Crippen molar-refractivity contribution in [2.75, 3.05) is 27.2 Å². The quantitative estimate of drug-likeness (QED) is 0.813. The lowest BCUT2D eigenvalue weighted by molar-refractivity contribution is 0.0588. The number of carbonyl (C=O) groups is 1. The van der Waals surface area contributed by atoms with Crippen LogP contribution < -0.4 is 5.56 Å². The number of carbonyl (C=O) groups excluding carboxylic acids is 1. The number of aromatic nitrogens is 1. The van der Waals surface area contributed by atoms with Gasteiger partial charge >= 0.3 is 0 Å². The Labute approximate surface area is 162 Å². The molecule has 1 amide bonds. The van der Waals surface area contributed by atoms with Gasteiger partial charge in [-0.05, 0) is 44.6 Å². The molecule has 5 nitrogen and oxygen atoms in total. The number of hydrogen-bond donors (Lipinski definition) is 0. The van der Waals surface area contributed by atoms with E-state index in [1.54, 1.807) is 4.90 Å². The predicted molar refractivity (Wildman–Crippen MR) is 101 cm³/mol. The molecule has 1 fully saturated rings. The highest BCUT2D eigenvalue weighted by molar-refractivity contribution is 5.94. The maximum Gasteiger partial charge on any atom is 0.256 e. The van der Waals surface area contributed by atoms with Gasteiger partial charge in [0.25, 0.3) is 11.5 Å². The lowest BCUT2D eigenvalue weighted by Gasteiger charge is -2.43. The van der Waals surface area contributed by atoms with Crippen molar-refractivity contribution in [1.29, 1.82) is 0 Å². The van der Waals surface area contributed by atoms with E-state index < -0.39 is 17.5 Å². The highest BCUT2D eigenvalue weighted by Gasteiger charge is 2.37. The highest BCUT2D eigenvalue weighted by Crippen LogP contribution is 2.36. The number of pyridine rings is 1. The smallest absolute Gasteiger partial charge is 0.256 e. The van der Waals surface area contributed by atoms with Gasteiger partial charge in [-0.25, -0.2) is 8.78 Å². The molecule has 3 heterocycles. The first-order chi connectivity index (χ1) is 13.3. The van der Waals surface area contributed by atoms with Crippen molar-refractivity contribution in [1.82, 2.24) is 14.4 Å². The number of fused-ring (bicyclic) bond motifs is 4. The monoisotopic (exact) mass is 387 g/mol. The average Bonchev–Trinajstić information content (AvgIpc) is 2.65. The Morgan fingerprint density at radius 1 is 1.14 bits per heavy atom. The van der Waals surface area contributed by atoms with Crippen LogP contribution in [0.15, 0.2) is 35.1 Å². The van der Waals surface area contributed by atoms with Gasteiger partial charge in [-0.15, -0.1) is 0 Å². The van der Waals surface area contributed by atoms with Crippen LogP contribution in [0.4, 0.5) is 8.78 Å². The molecule has 2 aliphatic heterocycles. The summed E-state index contributed by atoms with van der Waals surface area (Å²) in [6, 6.07) is 7.50. The van der Waals surface area contributed by atoms with E-state index in [4.69, 9.17) is 0 Å². The minimum atomic E-state index is -1.10. The second-order valence-corrected chi connectivity index (χ2v) is 8.05. The van der Waals surface area contributed by atoms with Crippen LogP contribution in [0.1, 0.15) is 34.0 Å². The molecule has 2 bridgehead atoms. The lowest BCUT2D eigenvalue weighted by Crippen LogP contribution is -2.49. The molecule has 2 aliphatic rings. The van der Waals surface area contributed by atoms with Crippen LogP contribution in [0.5, 0.6) is 0 Å². The molecular weight excluding hydrogens is 364 g/mol. The molecule has 1 saturated heterocycles. The standard InChI is InChI=1S/C21H23F2N3O2/c1-24(2)11-14-6-7-18-15-8-13(10-26(18)20(14)27)9-25(12-15)21(28)16-4-3-5-17(22)19(16)23/h3-7,13,15H,8-12H2,1-2H3/t13-,15+/m0/s1. The van der Waals surface area contributed by atoms with Gasteiger partial charge in [0.15, 0.2) is 11.6 Å². The van der Waals surface area contributed by atoms with E-state index in [1.807, 2.05) is 35.7 Å². The summed E-state index contributed by atoms with van der Waals surface area (Å²) in [6.45, 7) is 1.96. The third-order valence-corrected chi connectivity index (χ3v) is 5.64. The molecule has 1 aromatic carbocycles. The summed E-state index contributed by atoms with van der Waals surface area (Å²) >= 11 is 0. The predicted octanol–water partition coefficient (Wildman–Crippen LogP) is 2.45. The number of halogens is 2. The highest BCUT2D eigenvalue weighted by atomic mass is 19.2. The van der Waals surface area contributed by atoms with Crippen molar-refractivity contribution in [2.45, 2.75) is 25.4 Å². The Balaban J connectivity index is 1.62. The van der Waals surface area contributed by atoms with E-state index in [0.717, 1.165) is 23.7 Å². The van der Waals surface area contributed by atoms with Gasteiger partial charge in [-0.2, -0.15) is 0 Å². The maximum atomic E-state index is 14.1. The number of likely N-dealkylation sites (tertiary alicyclic amines) is 1. The van der Waals surface area contributed by atoms with Crippen LogP contribution in [-0.4, -0.2) is 47.5 Å². The van der Waals surface area contributed by atoms with E-state index in [-0.39, 0.29) is 23.0 Å². The topological polar surface area (TPSA) is 45.6 Å². The number of hydrogen-bond acceptors (Lipinski definition) is 3. The molecule has 1 aromatic heterocycles. The lowest BCUT2D eigenvalue weighted by atomic mass is 9.82. The van der Waals surface area contributed by atoms with Gasteiger partial charge in [0.05, 0.1) is 5.56 Å². The molecule has 0 spiro atoms. The van der Waals surface area contributed by atoms with Crippen LogP contribution in [0.3, 0.4) is 0 Å². The number of benzene rings is 1. The van der Waals surface area contributed by atoms with Crippen molar-refractivity contribution >= 4 is 5.91 Å². The number of nitrogens with zero attached hydrogens (tertiary/aromatic N) is 3. The summed E-state index contributed by atoms with van der Waals surface area (Å²) in [6.07, 6.45) is 0.891. The second kappa shape index (κ2) is 7.13. The molecule has 0 saturated carbocycles. The minimum Gasteiger partial charge on any atom is -0.338 e. The summed E-state index contributed by atoms with van der Waals surface area (Å²) < 4.78 is 29.4. The Hall–Kier alpha value is -2.54. The van der Waals surface area contributed by atoms with Gasteiger partial charge in [-0.1, -0.05) is 12.1 Å². The van der Waals surface area contributed by atoms with Crippen molar-refractivity contribution in [2.24, 2.45) is 5.92 Å². The molecule has 2 atom stereocenters. The first-order valence-corrected chi connectivity index (χ1v) is 9.45. The molecule has 4 rings (SSSR count). The van der Waals surface area contributed by atoms with Crippen LogP contribution in [0.2, 0.25) is 0 Å². The Bertz CT molecular complexity index is 986. The zero-order valence-corrected chi connectivity index (χ0v) is 16.0. The molecule has 0 unspecified atom stereocenters. The van der Waals surface area contributed by atoms with Crippen molar-refractivity contribution in [3.05, 3.63) is 69.1 Å². The van der Waals surface area contributed by atoms with Crippen LogP contribution in [-0.2, 0) is 13.1 Å². The fraction of sp³-hybridized carbons (Fsp3) is 0.429. The minimum absolute atomic E-state index is 0.0224. The van der Waals surface area contributed by atoms with Crippen molar-refractivity contribution < 1.29 is 13.6 Å². The first-order valence-electron chi connectivity index (χ1n) is 9.45. The molecular formula is C21H23F2N3O2. The van der Waals surface area contributed by atoms with Crippen LogP contribution in [0, 0.1) is 17.6 Å². The van der Waals surface area contributed by atoms with Gasteiger partial charge in [0, 0.05) is 43.4 Å². The maximum absolute atomic E-state index is 14.1. The van der Waals surface area contributed by atoms with Crippen molar-refractivity contribution in [3.8, 4) is 0 Å². The zero-order valence-electron chi connectivity index (χ0n) is 16.0. The fourth-order valence-corrected chi connectivity index (χ4v) is 4.46. The van der Waals surface area contributed by atoms with Gasteiger partial charge in [0.1, 0.15) is 0 Å². The SMILES string of the molecule is CN(C)Cc1ccc2n(c1=O)C[C@H]1C[C@@H]2CN(C(=O)c2cccc(F)c2F)C1. The second-order valence-electron chi connectivity index (χ2n) is 8.05. The summed E-state index contributed by atoms with van der Waals surface area (Å²) in [5, 5.41) is 0. The summed E-state index contributed by atoms with van der Waals surface area (Å²) in [4.78, 5) is 29.2. The van der Waals surface area contributed by atoms with Crippen molar-refractivity contribution in [3.63, 3.8) is 0 Å². The third-order valence-electron chi connectivity index (χ3n) is 5.64. The Morgan fingerprint density at radius 2 is 1.93 bits per heavy atom. The molecule has 0 aliphatic carbocycles. The largest absolute Gasteiger partial charge is 0.338 e. The summed E-state index contributed by atoms with van der Waals surface area (Å²) in [5.41, 5.74) is 1.46. The molecule has 28 heavy (non-hydrogen) atoms. The van der Waals surface area contributed by atoms with Crippen LogP contribution in [0.25, 0.3) is 0 Å². The molecule has 0 N–H and O–H groups in total. The van der Waals surface area contributed by atoms with Gasteiger partial charge in [-0.3, -0.25) is 9.59 Å². The molecule has 7 heteroatoms. The summed E-state index contributed by atoms with van der Waals surface area (Å²) in [7, 11) is 3.85. The van der Waals surface area contributed by atoms with E-state index >= 15 is 0 Å². The van der Waals surface area contributed by atoms with E-state index in [2.05, 4.69) is 0 Å². The number of piperidine rings is 1. The van der Waals surface area contributed by atoms with Gasteiger partial charge in [0.2, 0.25) is 0 Å². The molecule has 2 aromatic rings. The number of rotatable bonds is 3. The average molecular weight is 387 g/mol. The van der Waals surface area contributed by atoms with E-state index in [9.17, 15) is 18.4 Å². The van der Waals surface area contributed by atoms with E-state index in [0.29, 0.717) is 26.2 Å².